The van der Waals surface area contributed by atoms with Crippen molar-refractivity contribution in [2.24, 2.45) is 0 Å². The van der Waals surface area contributed by atoms with Gasteiger partial charge in [0.2, 0.25) is 0 Å². The first-order valence-electron chi connectivity index (χ1n) is 6.94. The predicted octanol–water partition coefficient (Wildman–Crippen LogP) is 3.86. The number of carbonyl (C=O) groups is 2. The predicted molar refractivity (Wildman–Crippen MR) is 89.6 cm³/mol. The summed E-state index contributed by atoms with van der Waals surface area (Å²) in [5, 5.41) is 3.43. The number of hydrogen-bond donors (Lipinski definition) is 1. The highest BCUT2D eigenvalue weighted by Gasteiger charge is 2.18. The number of rotatable bonds is 5. The van der Waals surface area contributed by atoms with Crippen molar-refractivity contribution < 1.29 is 14.3 Å². The molecule has 120 valence electrons. The van der Waals surface area contributed by atoms with Gasteiger partial charge in [0, 0.05) is 21.2 Å². The molecule has 1 N–H and O–H groups in total. The van der Waals surface area contributed by atoms with Crippen molar-refractivity contribution in [2.45, 2.75) is 19.6 Å². The summed E-state index contributed by atoms with van der Waals surface area (Å²) in [6.45, 7) is 1.50. The maximum atomic E-state index is 12.0. The molecular formula is C17H15Cl2NO3. The Morgan fingerprint density at radius 2 is 1.65 bits per heavy atom. The van der Waals surface area contributed by atoms with Crippen LogP contribution in [0.25, 0.3) is 0 Å². The lowest BCUT2D eigenvalue weighted by atomic mass is 10.2. The van der Waals surface area contributed by atoms with E-state index in [2.05, 4.69) is 5.32 Å². The monoisotopic (exact) mass is 351 g/mol. The quantitative estimate of drug-likeness (QED) is 0.832. The largest absolute Gasteiger partial charge is 0.459 e. The number of ether oxygens (including phenoxy) is 1. The fourth-order valence-corrected chi connectivity index (χ4v) is 2.37. The second kappa shape index (κ2) is 7.99. The van der Waals surface area contributed by atoms with Crippen LogP contribution in [0.15, 0.2) is 48.5 Å². The van der Waals surface area contributed by atoms with Gasteiger partial charge < -0.3 is 10.1 Å². The van der Waals surface area contributed by atoms with Crippen molar-refractivity contribution in [3.63, 3.8) is 0 Å². The van der Waals surface area contributed by atoms with Gasteiger partial charge in [0.25, 0.3) is 5.91 Å². The SMILES string of the molecule is C[C@H](NC(=O)c1ccccc1)C(=O)OCc1c(Cl)cccc1Cl. The van der Waals surface area contributed by atoms with Crippen LogP contribution in [-0.2, 0) is 16.1 Å². The van der Waals surface area contributed by atoms with Crippen molar-refractivity contribution in [1.29, 1.82) is 0 Å². The Hall–Kier alpha value is -2.04. The van der Waals surface area contributed by atoms with Gasteiger partial charge in [-0.2, -0.15) is 0 Å². The Labute approximate surface area is 144 Å². The number of halogens is 2. The summed E-state index contributed by atoms with van der Waals surface area (Å²) in [6, 6.07) is 12.9. The molecule has 0 heterocycles. The molecule has 0 fully saturated rings. The topological polar surface area (TPSA) is 55.4 Å². The van der Waals surface area contributed by atoms with Gasteiger partial charge in [0.05, 0.1) is 0 Å². The Balaban J connectivity index is 1.92. The number of esters is 1. The van der Waals surface area contributed by atoms with E-state index in [0.29, 0.717) is 21.2 Å². The third kappa shape index (κ3) is 4.71. The van der Waals surface area contributed by atoms with Crippen LogP contribution in [0.3, 0.4) is 0 Å². The number of benzene rings is 2. The summed E-state index contributed by atoms with van der Waals surface area (Å²) in [4.78, 5) is 24.0. The second-order valence-electron chi connectivity index (χ2n) is 4.87. The van der Waals surface area contributed by atoms with E-state index in [9.17, 15) is 9.59 Å². The van der Waals surface area contributed by atoms with E-state index in [4.69, 9.17) is 27.9 Å². The molecule has 1 atom stereocenters. The number of nitrogens with one attached hydrogen (secondary N) is 1. The number of carbonyl (C=O) groups excluding carboxylic acids is 2. The Morgan fingerprint density at radius 3 is 2.26 bits per heavy atom. The van der Waals surface area contributed by atoms with Gasteiger partial charge in [-0.25, -0.2) is 4.79 Å². The van der Waals surface area contributed by atoms with Gasteiger partial charge in [0.1, 0.15) is 12.6 Å². The zero-order valence-corrected chi connectivity index (χ0v) is 13.9. The second-order valence-corrected chi connectivity index (χ2v) is 5.68. The van der Waals surface area contributed by atoms with Crippen LogP contribution in [0.4, 0.5) is 0 Å². The van der Waals surface area contributed by atoms with Crippen molar-refractivity contribution in [3.05, 3.63) is 69.7 Å². The lowest BCUT2D eigenvalue weighted by molar-refractivity contribution is -0.146. The molecule has 0 spiro atoms. The minimum Gasteiger partial charge on any atom is -0.459 e. The molecule has 0 aliphatic carbocycles. The molecule has 2 aromatic carbocycles. The van der Waals surface area contributed by atoms with Gasteiger partial charge in [0.15, 0.2) is 0 Å². The van der Waals surface area contributed by atoms with Crippen LogP contribution in [0.2, 0.25) is 10.0 Å². The molecule has 4 nitrogen and oxygen atoms in total. The van der Waals surface area contributed by atoms with Gasteiger partial charge in [-0.3, -0.25) is 4.79 Å². The maximum Gasteiger partial charge on any atom is 0.328 e. The summed E-state index contributed by atoms with van der Waals surface area (Å²) in [5.41, 5.74) is 1.01. The van der Waals surface area contributed by atoms with Crippen LogP contribution in [0, 0.1) is 0 Å². The standard InChI is InChI=1S/C17H15Cl2NO3/c1-11(20-16(21)12-6-3-2-4-7-12)17(22)23-10-13-14(18)8-5-9-15(13)19/h2-9,11H,10H2,1H3,(H,20,21)/t11-/m0/s1. The molecule has 0 aliphatic rings. The van der Waals surface area contributed by atoms with E-state index in [1.807, 2.05) is 6.07 Å². The highest BCUT2D eigenvalue weighted by molar-refractivity contribution is 6.35. The zero-order chi connectivity index (χ0) is 16.8. The Morgan fingerprint density at radius 1 is 1.04 bits per heavy atom. The lowest BCUT2D eigenvalue weighted by Gasteiger charge is -2.14. The highest BCUT2D eigenvalue weighted by Crippen LogP contribution is 2.24. The van der Waals surface area contributed by atoms with Crippen LogP contribution in [0.1, 0.15) is 22.8 Å². The first-order valence-corrected chi connectivity index (χ1v) is 7.70. The molecular weight excluding hydrogens is 337 g/mol. The summed E-state index contributed by atoms with van der Waals surface area (Å²) < 4.78 is 5.17. The third-order valence-corrected chi connectivity index (χ3v) is 3.87. The summed E-state index contributed by atoms with van der Waals surface area (Å²) in [5.74, 6) is -0.906. The summed E-state index contributed by atoms with van der Waals surface area (Å²) in [7, 11) is 0. The smallest absolute Gasteiger partial charge is 0.328 e. The molecule has 6 heteroatoms. The molecule has 0 unspecified atom stereocenters. The Bertz CT molecular complexity index is 684. The summed E-state index contributed by atoms with van der Waals surface area (Å²) in [6.07, 6.45) is 0. The average Bonchev–Trinajstić information content (AvgIpc) is 2.54. The van der Waals surface area contributed by atoms with Gasteiger partial charge in [-0.1, -0.05) is 47.5 Å². The molecule has 1 amide bonds. The molecule has 0 radical (unpaired) electrons. The van der Waals surface area contributed by atoms with E-state index in [-0.39, 0.29) is 12.5 Å². The molecule has 0 aromatic heterocycles. The minimum absolute atomic E-state index is 0.0527. The fourth-order valence-electron chi connectivity index (χ4n) is 1.87. The highest BCUT2D eigenvalue weighted by atomic mass is 35.5. The molecule has 2 aromatic rings. The lowest BCUT2D eigenvalue weighted by Crippen LogP contribution is -2.39. The van der Waals surface area contributed by atoms with Gasteiger partial charge in [-0.05, 0) is 31.2 Å². The van der Waals surface area contributed by atoms with Crippen molar-refractivity contribution >= 4 is 35.1 Å². The van der Waals surface area contributed by atoms with E-state index in [1.54, 1.807) is 49.4 Å². The molecule has 0 aliphatic heterocycles. The average molecular weight is 352 g/mol. The minimum atomic E-state index is -0.788. The number of hydrogen-bond acceptors (Lipinski definition) is 3. The van der Waals surface area contributed by atoms with Crippen LogP contribution in [0.5, 0.6) is 0 Å². The third-order valence-electron chi connectivity index (χ3n) is 3.16. The van der Waals surface area contributed by atoms with Crippen LogP contribution in [-0.4, -0.2) is 17.9 Å². The van der Waals surface area contributed by atoms with E-state index < -0.39 is 12.0 Å². The number of amides is 1. The van der Waals surface area contributed by atoms with E-state index in [1.165, 1.54) is 0 Å². The molecule has 0 saturated heterocycles. The van der Waals surface area contributed by atoms with Crippen molar-refractivity contribution in [3.8, 4) is 0 Å². The van der Waals surface area contributed by atoms with Crippen molar-refractivity contribution in [1.82, 2.24) is 5.32 Å². The maximum absolute atomic E-state index is 12.0. The first-order chi connectivity index (χ1) is 11.0. The van der Waals surface area contributed by atoms with Crippen LogP contribution < -0.4 is 5.32 Å². The molecule has 0 bridgehead atoms. The molecule has 23 heavy (non-hydrogen) atoms. The first kappa shape index (κ1) is 17.3. The summed E-state index contributed by atoms with van der Waals surface area (Å²) >= 11 is 12.0. The molecule has 0 saturated carbocycles. The van der Waals surface area contributed by atoms with Gasteiger partial charge >= 0.3 is 5.97 Å². The van der Waals surface area contributed by atoms with Crippen molar-refractivity contribution in [2.75, 3.05) is 0 Å². The molecule has 2 rings (SSSR count). The van der Waals surface area contributed by atoms with E-state index >= 15 is 0 Å². The van der Waals surface area contributed by atoms with Crippen LogP contribution >= 0.6 is 23.2 Å². The zero-order valence-electron chi connectivity index (χ0n) is 12.4. The fraction of sp³-hybridized carbons (Fsp3) is 0.176. The van der Waals surface area contributed by atoms with Gasteiger partial charge in [-0.15, -0.1) is 0 Å². The normalized spacial score (nSPS) is 11.6. The van der Waals surface area contributed by atoms with E-state index in [0.717, 1.165) is 0 Å². The Kier molecular flexibility index (Phi) is 6.02.